The van der Waals surface area contributed by atoms with Gasteiger partial charge in [-0.2, -0.15) is 0 Å². The lowest BCUT2D eigenvalue weighted by atomic mass is 10.1. The lowest BCUT2D eigenvalue weighted by Crippen LogP contribution is -2.70. The van der Waals surface area contributed by atoms with Gasteiger partial charge in [0.15, 0.2) is 0 Å². The molecule has 0 atom stereocenters. The standard InChI is InChI=1S/C11HI23/c12-1(13)2(14,15)3(16,17)4(18,19)5(20,21)6(22,23)7(24,25)8(26,27)9(28,29)10(30,31)11(32,33)34/h1H. The first-order valence-corrected chi connectivity index (χ1v) is 32.1. The first kappa shape index (κ1) is 50.8. The second kappa shape index (κ2) is 18.6. The summed E-state index contributed by atoms with van der Waals surface area (Å²) in [4.78, 5) is 0. The fourth-order valence-corrected chi connectivity index (χ4v) is 36.6. The average molecular weight is 3050 g/mol. The number of hydrogen-bond acceptors (Lipinski definition) is 0. The number of hydrogen-bond donors (Lipinski definition) is 0. The highest BCUT2D eigenvalue weighted by Gasteiger charge is 2.79. The Hall–Kier alpha value is 16.8. The highest BCUT2D eigenvalue weighted by molar-refractivity contribution is 14.3. The topological polar surface area (TPSA) is 0 Å². The lowest BCUT2D eigenvalue weighted by Gasteiger charge is -2.60. The molecule has 0 aromatic heterocycles. The molecule has 0 fully saturated rings. The molecule has 0 bridgehead atoms. The third-order valence-electron chi connectivity index (χ3n) is 3.81. The highest BCUT2D eigenvalue weighted by atomic mass is 127. The Kier molecular flexibility index (Phi) is 27.8. The highest BCUT2D eigenvalue weighted by Crippen LogP contribution is 2.81. The van der Waals surface area contributed by atoms with Crippen LogP contribution in [0, 0.1) is 0 Å². The van der Waals surface area contributed by atoms with Crippen molar-refractivity contribution in [3.05, 3.63) is 0 Å². The minimum absolute atomic E-state index is 0.0118. The van der Waals surface area contributed by atoms with Crippen molar-refractivity contribution in [1.29, 1.82) is 0 Å². The van der Waals surface area contributed by atoms with E-state index in [9.17, 15) is 0 Å². The van der Waals surface area contributed by atoms with Crippen LogP contribution in [0.2, 0.25) is 0 Å². The van der Waals surface area contributed by atoms with Gasteiger partial charge in [0.25, 0.3) is 0 Å². The maximum absolute atomic E-state index is 2.79. The van der Waals surface area contributed by atoms with Crippen LogP contribution in [-0.2, 0) is 0 Å². The molecular weight excluding hydrogens is 3050 g/mol. The van der Waals surface area contributed by atoms with Crippen LogP contribution in [0.5, 0.6) is 0 Å². The Labute approximate surface area is 515 Å². The monoisotopic (exact) mass is 3050 g/mol. The third kappa shape index (κ3) is 10.3. The molecule has 34 heavy (non-hydrogen) atoms. The van der Waals surface area contributed by atoms with Crippen LogP contribution in [0.4, 0.5) is 0 Å². The van der Waals surface area contributed by atoms with Crippen LogP contribution >= 0.6 is 520 Å². The van der Waals surface area contributed by atoms with Gasteiger partial charge in [0, 0.05) is 0 Å². The normalized spacial score (nSPS) is 16.9. The van der Waals surface area contributed by atoms with Gasteiger partial charge in [-0.3, -0.25) is 0 Å². The number of halogens is 23. The van der Waals surface area contributed by atoms with Crippen LogP contribution in [0.15, 0.2) is 0 Å². The van der Waals surface area contributed by atoms with E-state index in [0.717, 1.165) is 0 Å². The van der Waals surface area contributed by atoms with Gasteiger partial charge >= 0.3 is 0 Å². The Bertz CT molecular complexity index is 737. The van der Waals surface area contributed by atoms with Gasteiger partial charge in [0.2, 0.25) is 0 Å². The maximum Gasteiger partial charge on any atom is 0.149 e. The maximum atomic E-state index is 2.79. The van der Waals surface area contributed by atoms with Crippen molar-refractivity contribution in [1.82, 2.24) is 0 Å². The van der Waals surface area contributed by atoms with Gasteiger partial charge in [0.05, 0.1) is 1.93 Å². The Morgan fingerprint density at radius 3 is 0.618 bits per heavy atom. The fourth-order valence-electron chi connectivity index (χ4n) is 1.71. The molecule has 0 aromatic rings. The molecule has 0 amide bonds. The molecular formula is C11HI23. The summed E-state index contributed by atoms with van der Waals surface area (Å²) in [7, 11) is 0. The van der Waals surface area contributed by atoms with E-state index < -0.39 is 0 Å². The Morgan fingerprint density at radius 1 is 0.265 bits per heavy atom. The molecule has 0 N–H and O–H groups in total. The van der Waals surface area contributed by atoms with E-state index in [1.807, 2.05) is 0 Å². The van der Waals surface area contributed by atoms with Gasteiger partial charge in [-0.05, 0) is 0 Å². The smallest absolute Gasteiger partial charge is 0.0686 e. The first-order chi connectivity index (χ1) is 14.2. The molecule has 0 saturated carbocycles. The van der Waals surface area contributed by atoms with E-state index in [0.29, 0.717) is 1.93 Å². The lowest BCUT2D eigenvalue weighted by molar-refractivity contribution is 0.650. The van der Waals surface area contributed by atoms with Gasteiger partial charge in [-0.1, -0.05) is 520 Å². The molecule has 0 aliphatic heterocycles. The first-order valence-electron chi connectivity index (χ1n) is 6.94. The summed E-state index contributed by atoms with van der Waals surface area (Å²) in [5.41, 5.74) is 0. The van der Waals surface area contributed by atoms with Gasteiger partial charge < -0.3 is 0 Å². The molecule has 0 rings (SSSR count). The molecule has 0 aliphatic rings. The Balaban J connectivity index is 7.08. The molecule has 0 saturated heterocycles. The molecule has 0 radical (unpaired) electrons. The van der Waals surface area contributed by atoms with Crippen LogP contribution < -0.4 is 0 Å². The second-order valence-corrected chi connectivity index (χ2v) is 69.8. The van der Waals surface area contributed by atoms with Crippen molar-refractivity contribution in [2.24, 2.45) is 0 Å². The predicted octanol–water partition coefficient (Wildman–Crippen LogP) is 18.2. The van der Waals surface area contributed by atoms with Gasteiger partial charge in [-0.15, -0.1) is 0 Å². The molecule has 0 heterocycles. The zero-order valence-electron chi connectivity index (χ0n) is 14.3. The molecule has 0 aliphatic carbocycles. The van der Waals surface area contributed by atoms with Crippen LogP contribution in [0.3, 0.4) is 0 Å². The van der Waals surface area contributed by atoms with E-state index in [1.165, 1.54) is 0 Å². The molecule has 0 spiro atoms. The predicted molar refractivity (Wildman–Crippen MR) is 354 cm³/mol. The molecule has 23 heteroatoms. The van der Waals surface area contributed by atoms with Crippen LogP contribution in [0.1, 0.15) is 0 Å². The van der Waals surface area contributed by atoms with E-state index in [-0.39, 0.29) is 12.3 Å². The van der Waals surface area contributed by atoms with Crippen molar-refractivity contribution in [3.8, 4) is 0 Å². The van der Waals surface area contributed by atoms with E-state index in [1.54, 1.807) is 0 Å². The zero-order chi connectivity index (χ0) is 28.6. The molecule has 0 unspecified atom stereocenters. The minimum Gasteiger partial charge on any atom is -0.0686 e. The van der Waals surface area contributed by atoms with Crippen LogP contribution in [0.25, 0.3) is 0 Å². The summed E-state index contributed by atoms with van der Waals surface area (Å²) in [5.74, 6) is 0. The third-order valence-corrected chi connectivity index (χ3v) is 80.9. The summed E-state index contributed by atoms with van der Waals surface area (Å²) in [6.07, 6.45) is 0. The molecule has 206 valence electrons. The van der Waals surface area contributed by atoms with E-state index in [2.05, 4.69) is 520 Å². The van der Waals surface area contributed by atoms with Crippen molar-refractivity contribution in [2.75, 3.05) is 0 Å². The summed E-state index contributed by atoms with van der Waals surface area (Å²) < 4.78 is -0.0188. The zero-order valence-corrected chi connectivity index (χ0v) is 63.9. The van der Waals surface area contributed by atoms with Crippen LogP contribution in [-0.4, -0.2) is 14.2 Å². The SMILES string of the molecule is IC(I)C(I)(I)C(I)(I)C(I)(I)C(I)(I)C(I)(I)C(I)(I)C(I)(I)C(I)(I)C(I)(I)C(I)(I)I. The number of rotatable bonds is 10. The largest absolute Gasteiger partial charge is 0.149 e. The quantitative estimate of drug-likeness (QED) is 0.151. The molecule has 0 nitrogen and oxygen atoms in total. The van der Waals surface area contributed by atoms with Crippen molar-refractivity contribution in [3.63, 3.8) is 0 Å². The van der Waals surface area contributed by atoms with Crippen molar-refractivity contribution >= 4 is 520 Å². The minimum atomic E-state index is -0.116. The summed E-state index contributed by atoms with van der Waals surface area (Å²) in [6, 6.07) is 0. The van der Waals surface area contributed by atoms with Gasteiger partial charge in [-0.25, -0.2) is 0 Å². The Morgan fingerprint density at radius 2 is 0.441 bits per heavy atom. The summed E-state index contributed by atoms with van der Waals surface area (Å²) in [5, 5.41) is 0. The van der Waals surface area contributed by atoms with Crippen molar-refractivity contribution < 1.29 is 0 Å². The summed E-state index contributed by atoms with van der Waals surface area (Å²) >= 11 is 62.6. The molecule has 0 aromatic carbocycles. The fraction of sp³-hybridized carbons (Fsp3) is 1.00. The van der Waals surface area contributed by atoms with E-state index >= 15 is 0 Å². The van der Waals surface area contributed by atoms with Crippen molar-refractivity contribution in [2.45, 2.75) is 14.2 Å². The average Bonchev–Trinajstić information content (AvgIpc) is 2.58. The van der Waals surface area contributed by atoms with E-state index in [4.69, 9.17) is 0 Å². The van der Waals surface area contributed by atoms with Gasteiger partial charge in [0.1, 0.15) is 12.3 Å². The number of alkyl halides is 23. The summed E-state index contributed by atoms with van der Waals surface area (Å²) in [6.45, 7) is 0. The second-order valence-electron chi connectivity index (χ2n) is 6.02.